The van der Waals surface area contributed by atoms with E-state index in [1.807, 2.05) is 12.1 Å². The smallest absolute Gasteiger partial charge is 0.176 e. The van der Waals surface area contributed by atoms with Crippen LogP contribution in [0.1, 0.15) is 24.3 Å². The Bertz CT molecular complexity index is 461. The highest BCUT2D eigenvalue weighted by molar-refractivity contribution is 14.1. The monoisotopic (exact) mass is 322 g/mol. The molecule has 0 aromatic heterocycles. The van der Waals surface area contributed by atoms with Gasteiger partial charge >= 0.3 is 0 Å². The largest absolute Gasteiger partial charge is 0.224 e. The van der Waals surface area contributed by atoms with E-state index in [1.165, 1.54) is 24.7 Å². The zero-order valence-electron chi connectivity index (χ0n) is 7.83. The Kier molecular flexibility index (Phi) is 2.59. The quantitative estimate of drug-likeness (QED) is 0.784. The van der Waals surface area contributed by atoms with Crippen LogP contribution >= 0.6 is 22.6 Å². The first-order valence-corrected chi connectivity index (χ1v) is 7.45. The summed E-state index contributed by atoms with van der Waals surface area (Å²) in [5.41, 5.74) is 1.20. The molecule has 0 amide bonds. The molecule has 0 aliphatic heterocycles. The lowest BCUT2D eigenvalue weighted by Crippen LogP contribution is -2.02. The van der Waals surface area contributed by atoms with Crippen molar-refractivity contribution in [2.24, 2.45) is 0 Å². The number of rotatable bonds is 2. The third kappa shape index (κ3) is 1.95. The maximum Gasteiger partial charge on any atom is 0.176 e. The molecular weight excluding hydrogens is 311 g/mol. The molecule has 0 unspecified atom stereocenters. The van der Waals surface area contributed by atoms with Crippen molar-refractivity contribution in [2.45, 2.75) is 23.7 Å². The van der Waals surface area contributed by atoms with Gasteiger partial charge in [0.15, 0.2) is 9.84 Å². The van der Waals surface area contributed by atoms with Gasteiger partial charge in [0, 0.05) is 9.83 Å². The zero-order valence-corrected chi connectivity index (χ0v) is 10.8. The number of halogens is 1. The van der Waals surface area contributed by atoms with Crippen LogP contribution in [0, 0.1) is 3.57 Å². The summed E-state index contributed by atoms with van der Waals surface area (Å²) in [7, 11) is -3.07. The van der Waals surface area contributed by atoms with Gasteiger partial charge in [-0.25, -0.2) is 8.42 Å². The Morgan fingerprint density at radius 1 is 1.36 bits per heavy atom. The molecule has 0 atom stereocenters. The van der Waals surface area contributed by atoms with Crippen LogP contribution in [0.25, 0.3) is 0 Å². The van der Waals surface area contributed by atoms with Crippen LogP contribution in [0.5, 0.6) is 0 Å². The molecule has 0 saturated heterocycles. The van der Waals surface area contributed by atoms with Crippen molar-refractivity contribution in [1.82, 2.24) is 0 Å². The maximum atomic E-state index is 11.4. The van der Waals surface area contributed by atoms with Gasteiger partial charge in [-0.1, -0.05) is 12.1 Å². The fourth-order valence-corrected chi connectivity index (χ4v) is 4.29. The Morgan fingerprint density at radius 2 is 2.00 bits per heavy atom. The van der Waals surface area contributed by atoms with Crippen molar-refractivity contribution in [3.8, 4) is 0 Å². The van der Waals surface area contributed by atoms with E-state index < -0.39 is 9.84 Å². The molecular formula is C10H11IO2S. The summed E-state index contributed by atoms with van der Waals surface area (Å²) < 4.78 is 23.8. The number of sulfone groups is 1. The first-order chi connectivity index (χ1) is 6.50. The molecule has 76 valence electrons. The van der Waals surface area contributed by atoms with Gasteiger partial charge in [0.25, 0.3) is 0 Å². The summed E-state index contributed by atoms with van der Waals surface area (Å²) in [5.74, 6) is 0.601. The number of benzene rings is 1. The lowest BCUT2D eigenvalue weighted by atomic mass is 10.1. The van der Waals surface area contributed by atoms with Gasteiger partial charge in [-0.3, -0.25) is 0 Å². The van der Waals surface area contributed by atoms with Gasteiger partial charge < -0.3 is 0 Å². The van der Waals surface area contributed by atoms with Gasteiger partial charge in [-0.05, 0) is 53.0 Å². The fourth-order valence-electron chi connectivity index (χ4n) is 1.52. The van der Waals surface area contributed by atoms with Crippen molar-refractivity contribution >= 4 is 32.4 Å². The van der Waals surface area contributed by atoms with Crippen LogP contribution in [0.15, 0.2) is 23.1 Å². The molecule has 0 N–H and O–H groups in total. The Hall–Kier alpha value is -0.100. The van der Waals surface area contributed by atoms with Gasteiger partial charge in [-0.15, -0.1) is 0 Å². The van der Waals surface area contributed by atoms with Gasteiger partial charge in [0.05, 0.1) is 4.90 Å². The van der Waals surface area contributed by atoms with Crippen molar-refractivity contribution in [2.75, 3.05) is 6.26 Å². The molecule has 1 aromatic carbocycles. The van der Waals surface area contributed by atoms with Crippen molar-refractivity contribution in [1.29, 1.82) is 0 Å². The predicted molar refractivity (Wildman–Crippen MR) is 64.2 cm³/mol. The van der Waals surface area contributed by atoms with Crippen LogP contribution in [0.4, 0.5) is 0 Å². The highest BCUT2D eigenvalue weighted by atomic mass is 127. The Labute approximate surface area is 97.8 Å². The van der Waals surface area contributed by atoms with E-state index in [9.17, 15) is 8.42 Å². The molecule has 2 nitrogen and oxygen atoms in total. The summed E-state index contributed by atoms with van der Waals surface area (Å²) in [6, 6.07) is 5.56. The minimum absolute atomic E-state index is 0.475. The van der Waals surface area contributed by atoms with Gasteiger partial charge in [-0.2, -0.15) is 0 Å². The lowest BCUT2D eigenvalue weighted by Gasteiger charge is -2.06. The van der Waals surface area contributed by atoms with Crippen LogP contribution in [-0.4, -0.2) is 14.7 Å². The Balaban J connectivity index is 2.57. The third-order valence-corrected chi connectivity index (χ3v) is 5.12. The second-order valence-electron chi connectivity index (χ2n) is 3.71. The maximum absolute atomic E-state index is 11.4. The standard InChI is InChI=1S/C10H11IO2S/c1-14(12,13)9-4-2-3-8(10(9)11)7-5-6-7/h2-4,7H,5-6H2,1H3. The van der Waals surface area contributed by atoms with E-state index in [2.05, 4.69) is 22.6 Å². The molecule has 0 bridgehead atoms. The summed E-state index contributed by atoms with van der Waals surface area (Å²) in [5, 5.41) is 0. The van der Waals surface area contributed by atoms with Gasteiger partial charge in [0.1, 0.15) is 0 Å². The molecule has 4 heteroatoms. The normalized spacial score (nSPS) is 17.0. The second kappa shape index (κ2) is 3.48. The van der Waals surface area contributed by atoms with Crippen LogP contribution in [0.3, 0.4) is 0 Å². The molecule has 1 aromatic rings. The molecule has 0 spiro atoms. The van der Waals surface area contributed by atoms with Crippen molar-refractivity contribution in [3.63, 3.8) is 0 Å². The number of hydrogen-bond donors (Lipinski definition) is 0. The van der Waals surface area contributed by atoms with E-state index in [0.29, 0.717) is 10.8 Å². The van der Waals surface area contributed by atoms with Crippen LogP contribution in [0.2, 0.25) is 0 Å². The van der Waals surface area contributed by atoms with Gasteiger partial charge in [0.2, 0.25) is 0 Å². The SMILES string of the molecule is CS(=O)(=O)c1cccc(C2CC2)c1I. The number of hydrogen-bond acceptors (Lipinski definition) is 2. The summed E-state index contributed by atoms with van der Waals surface area (Å²) >= 11 is 2.14. The van der Waals surface area contributed by atoms with Crippen molar-refractivity contribution in [3.05, 3.63) is 27.3 Å². The molecule has 1 saturated carbocycles. The first kappa shape index (κ1) is 10.4. The zero-order chi connectivity index (χ0) is 10.3. The van der Waals surface area contributed by atoms with E-state index >= 15 is 0 Å². The Morgan fingerprint density at radius 3 is 2.50 bits per heavy atom. The van der Waals surface area contributed by atoms with Crippen molar-refractivity contribution < 1.29 is 8.42 Å². The molecule has 2 rings (SSSR count). The third-order valence-electron chi connectivity index (χ3n) is 2.41. The van der Waals surface area contributed by atoms with E-state index in [-0.39, 0.29) is 0 Å². The summed E-state index contributed by atoms with van der Waals surface area (Å²) in [4.78, 5) is 0.475. The van der Waals surface area contributed by atoms with E-state index in [0.717, 1.165) is 3.57 Å². The fraction of sp³-hybridized carbons (Fsp3) is 0.400. The van der Waals surface area contributed by atoms with Crippen LogP contribution in [-0.2, 0) is 9.84 Å². The van der Waals surface area contributed by atoms with E-state index in [4.69, 9.17) is 0 Å². The molecule has 14 heavy (non-hydrogen) atoms. The minimum atomic E-state index is -3.07. The summed E-state index contributed by atoms with van der Waals surface area (Å²) in [6.45, 7) is 0. The second-order valence-corrected chi connectivity index (χ2v) is 6.77. The lowest BCUT2D eigenvalue weighted by molar-refractivity contribution is 0.601. The molecule has 0 radical (unpaired) electrons. The topological polar surface area (TPSA) is 34.1 Å². The van der Waals surface area contributed by atoms with Crippen LogP contribution < -0.4 is 0 Å². The highest BCUT2D eigenvalue weighted by Gasteiger charge is 2.27. The average Bonchev–Trinajstić information content (AvgIpc) is 2.85. The molecule has 0 heterocycles. The molecule has 1 aliphatic rings. The predicted octanol–water partition coefficient (Wildman–Crippen LogP) is 2.57. The average molecular weight is 322 g/mol. The highest BCUT2D eigenvalue weighted by Crippen LogP contribution is 2.43. The minimum Gasteiger partial charge on any atom is -0.224 e. The van der Waals surface area contributed by atoms with E-state index in [1.54, 1.807) is 6.07 Å². The molecule has 1 fully saturated rings. The first-order valence-electron chi connectivity index (χ1n) is 4.48. The summed E-state index contributed by atoms with van der Waals surface area (Å²) in [6.07, 6.45) is 3.66. The molecule has 1 aliphatic carbocycles.